The molecular formula is C25H29N3O3S. The molecule has 1 aromatic carbocycles. The number of rotatable bonds is 6. The van der Waals surface area contributed by atoms with Crippen LogP contribution in [-0.2, 0) is 11.2 Å². The minimum atomic E-state index is -0.587. The van der Waals surface area contributed by atoms with Crippen LogP contribution in [0.1, 0.15) is 48.3 Å². The van der Waals surface area contributed by atoms with Gasteiger partial charge in [0, 0.05) is 22.7 Å². The Morgan fingerprint density at radius 2 is 1.91 bits per heavy atom. The molecular weight excluding hydrogens is 422 g/mol. The second kappa shape index (κ2) is 9.77. The number of aliphatic imine (C=N–C) groups is 1. The first-order chi connectivity index (χ1) is 15.4. The lowest BCUT2D eigenvalue weighted by Gasteiger charge is -2.23. The van der Waals surface area contributed by atoms with Crippen LogP contribution in [0.25, 0.3) is 0 Å². The maximum Gasteiger partial charge on any atom is 0.344 e. The smallest absolute Gasteiger partial charge is 0.326 e. The van der Waals surface area contributed by atoms with Crippen molar-refractivity contribution in [1.82, 2.24) is 9.80 Å². The van der Waals surface area contributed by atoms with E-state index in [9.17, 15) is 14.4 Å². The molecule has 0 bridgehead atoms. The molecule has 2 aliphatic rings. The van der Waals surface area contributed by atoms with Crippen molar-refractivity contribution in [2.45, 2.75) is 51.6 Å². The van der Waals surface area contributed by atoms with Gasteiger partial charge in [0.25, 0.3) is 5.91 Å². The summed E-state index contributed by atoms with van der Waals surface area (Å²) in [6, 6.07) is 11.9. The molecule has 0 spiro atoms. The van der Waals surface area contributed by atoms with Gasteiger partial charge in [-0.25, -0.2) is 9.79 Å². The van der Waals surface area contributed by atoms with Crippen LogP contribution in [0.3, 0.4) is 0 Å². The zero-order valence-electron chi connectivity index (χ0n) is 18.6. The minimum Gasteiger partial charge on any atom is -0.326 e. The minimum absolute atomic E-state index is 0.0494. The van der Waals surface area contributed by atoms with Gasteiger partial charge in [0.1, 0.15) is 6.04 Å². The highest BCUT2D eigenvalue weighted by atomic mass is 32.1. The van der Waals surface area contributed by atoms with Crippen LogP contribution < -0.4 is 0 Å². The SMILES string of the molecule is CC(C)CC(CCc1cccs1)=NC(=O)N1CC[C@@H]2[C@H]1C(=O)CN2C(=O)c1ccccc1. The van der Waals surface area contributed by atoms with Crippen molar-refractivity contribution < 1.29 is 14.4 Å². The number of fused-ring (bicyclic) bond motifs is 1. The van der Waals surface area contributed by atoms with Crippen molar-refractivity contribution in [3.05, 3.63) is 58.3 Å². The molecule has 3 amide bonds. The zero-order chi connectivity index (χ0) is 22.7. The lowest BCUT2D eigenvalue weighted by molar-refractivity contribution is -0.119. The molecule has 2 fully saturated rings. The van der Waals surface area contributed by atoms with Gasteiger partial charge >= 0.3 is 6.03 Å². The van der Waals surface area contributed by atoms with Crippen LogP contribution >= 0.6 is 11.3 Å². The van der Waals surface area contributed by atoms with E-state index in [0.717, 1.165) is 25.0 Å². The Labute approximate surface area is 192 Å². The average Bonchev–Trinajstić information content (AvgIpc) is 3.51. The quantitative estimate of drug-likeness (QED) is 0.609. The van der Waals surface area contributed by atoms with Crippen molar-refractivity contribution in [2.24, 2.45) is 10.9 Å². The van der Waals surface area contributed by atoms with Crippen molar-refractivity contribution in [2.75, 3.05) is 13.1 Å². The monoisotopic (exact) mass is 451 g/mol. The third-order valence-electron chi connectivity index (χ3n) is 6.09. The van der Waals surface area contributed by atoms with Crippen molar-refractivity contribution in [3.8, 4) is 0 Å². The van der Waals surface area contributed by atoms with E-state index in [0.29, 0.717) is 24.4 Å². The summed E-state index contributed by atoms with van der Waals surface area (Å²) in [7, 11) is 0. The number of urea groups is 1. The lowest BCUT2D eigenvalue weighted by Crippen LogP contribution is -2.42. The second-order valence-corrected chi connectivity index (χ2v) is 9.93. The first kappa shape index (κ1) is 22.4. The van der Waals surface area contributed by atoms with Gasteiger partial charge in [-0.2, -0.15) is 0 Å². The molecule has 168 valence electrons. The fourth-order valence-corrected chi connectivity index (χ4v) is 5.36. The molecule has 4 rings (SSSR count). The van der Waals surface area contributed by atoms with E-state index in [1.165, 1.54) is 4.88 Å². The number of hydrogen-bond acceptors (Lipinski definition) is 4. The summed E-state index contributed by atoms with van der Waals surface area (Å²) >= 11 is 1.71. The largest absolute Gasteiger partial charge is 0.344 e. The number of likely N-dealkylation sites (tertiary alicyclic amines) is 2. The average molecular weight is 452 g/mol. The zero-order valence-corrected chi connectivity index (χ0v) is 19.4. The van der Waals surface area contributed by atoms with Gasteiger partial charge in [-0.3, -0.25) is 9.59 Å². The molecule has 2 aromatic rings. The number of carbonyl (C=O) groups excluding carboxylic acids is 3. The number of Topliss-reactive ketones (excluding diaryl/α,β-unsaturated/α-hetero) is 1. The third-order valence-corrected chi connectivity index (χ3v) is 7.02. The summed E-state index contributed by atoms with van der Waals surface area (Å²) in [5, 5.41) is 2.05. The molecule has 1 aromatic heterocycles. The van der Waals surface area contributed by atoms with Gasteiger partial charge in [-0.15, -0.1) is 11.3 Å². The van der Waals surface area contributed by atoms with Gasteiger partial charge < -0.3 is 9.80 Å². The van der Waals surface area contributed by atoms with Gasteiger partial charge in [0.2, 0.25) is 0 Å². The summed E-state index contributed by atoms with van der Waals surface area (Å²) in [5.74, 6) is 0.160. The summed E-state index contributed by atoms with van der Waals surface area (Å²) in [5.41, 5.74) is 1.45. The number of hydrogen-bond donors (Lipinski definition) is 0. The molecule has 0 unspecified atom stereocenters. The van der Waals surface area contributed by atoms with Gasteiger partial charge in [-0.1, -0.05) is 38.1 Å². The predicted octanol–water partition coefficient (Wildman–Crippen LogP) is 4.46. The highest BCUT2D eigenvalue weighted by Crippen LogP contribution is 2.31. The summed E-state index contributed by atoms with van der Waals surface area (Å²) in [6.45, 7) is 4.73. The van der Waals surface area contributed by atoms with Crippen LogP contribution in [0, 0.1) is 5.92 Å². The number of carbonyl (C=O) groups is 3. The van der Waals surface area contributed by atoms with Crippen LogP contribution in [0.4, 0.5) is 4.79 Å². The lowest BCUT2D eigenvalue weighted by atomic mass is 10.0. The molecule has 2 aliphatic heterocycles. The van der Waals surface area contributed by atoms with Crippen LogP contribution in [0.15, 0.2) is 52.8 Å². The van der Waals surface area contributed by atoms with Crippen molar-refractivity contribution in [1.29, 1.82) is 0 Å². The van der Waals surface area contributed by atoms with Crippen LogP contribution in [0.5, 0.6) is 0 Å². The van der Waals surface area contributed by atoms with E-state index in [4.69, 9.17) is 0 Å². The number of benzene rings is 1. The van der Waals surface area contributed by atoms with Gasteiger partial charge in [-0.05, 0) is 55.2 Å². The molecule has 0 N–H and O–H groups in total. The highest BCUT2D eigenvalue weighted by molar-refractivity contribution is 7.09. The first-order valence-corrected chi connectivity index (χ1v) is 12.1. The number of ketones is 1. The van der Waals surface area contributed by atoms with E-state index in [-0.39, 0.29) is 30.3 Å². The number of thiophene rings is 1. The molecule has 3 heterocycles. The highest BCUT2D eigenvalue weighted by Gasteiger charge is 2.51. The molecule has 2 saturated heterocycles. The van der Waals surface area contributed by atoms with Crippen LogP contribution in [0.2, 0.25) is 0 Å². The number of amides is 3. The third kappa shape index (κ3) is 4.83. The molecule has 0 aliphatic carbocycles. The molecule has 32 heavy (non-hydrogen) atoms. The Bertz CT molecular complexity index is 1000. The van der Waals surface area contributed by atoms with Crippen molar-refractivity contribution >= 4 is 34.8 Å². The Hall–Kier alpha value is -2.80. The maximum atomic E-state index is 13.1. The molecule has 0 radical (unpaired) electrons. The van der Waals surface area contributed by atoms with E-state index >= 15 is 0 Å². The maximum absolute atomic E-state index is 13.1. The second-order valence-electron chi connectivity index (χ2n) is 8.90. The summed E-state index contributed by atoms with van der Waals surface area (Å²) < 4.78 is 0. The topological polar surface area (TPSA) is 70.1 Å². The molecule has 6 nitrogen and oxygen atoms in total. The first-order valence-electron chi connectivity index (χ1n) is 11.2. The molecule has 0 saturated carbocycles. The standard InChI is InChI=1S/C25H29N3O3S/c1-17(2)15-19(10-11-20-9-6-14-32-20)26-25(31)27-13-12-21-23(27)22(29)16-28(21)24(30)18-7-4-3-5-8-18/h3-9,14,17,21,23H,10-13,15-16H2,1-2H3/t21-,23+/m1/s1. The van der Waals surface area contributed by atoms with E-state index < -0.39 is 6.04 Å². The van der Waals surface area contributed by atoms with Crippen LogP contribution in [-0.4, -0.2) is 58.4 Å². The Morgan fingerprint density at radius 3 is 2.59 bits per heavy atom. The Kier molecular flexibility index (Phi) is 6.84. The summed E-state index contributed by atoms with van der Waals surface area (Å²) in [6.07, 6.45) is 2.95. The van der Waals surface area contributed by atoms with E-state index in [2.05, 4.69) is 30.3 Å². The number of aryl methyl sites for hydroxylation is 1. The molecule has 2 atom stereocenters. The van der Waals surface area contributed by atoms with Gasteiger partial charge in [0.05, 0.1) is 12.6 Å². The summed E-state index contributed by atoms with van der Waals surface area (Å²) in [4.78, 5) is 47.9. The van der Waals surface area contributed by atoms with Gasteiger partial charge in [0.15, 0.2) is 5.78 Å². The predicted molar refractivity (Wildman–Crippen MR) is 126 cm³/mol. The normalized spacial score (nSPS) is 20.8. The molecule has 7 heteroatoms. The number of nitrogens with zero attached hydrogens (tertiary/aromatic N) is 3. The fourth-order valence-electron chi connectivity index (χ4n) is 4.65. The Balaban J connectivity index is 1.47. The van der Waals surface area contributed by atoms with E-state index in [1.807, 2.05) is 24.3 Å². The van der Waals surface area contributed by atoms with Crippen molar-refractivity contribution in [3.63, 3.8) is 0 Å². The Morgan fingerprint density at radius 1 is 1.12 bits per heavy atom. The fraction of sp³-hybridized carbons (Fsp3) is 0.440. The van der Waals surface area contributed by atoms with E-state index in [1.54, 1.807) is 33.3 Å².